The van der Waals surface area contributed by atoms with E-state index in [1.54, 1.807) is 0 Å². The molecule has 14 heavy (non-hydrogen) atoms. The highest BCUT2D eigenvalue weighted by molar-refractivity contribution is 7.53. The summed E-state index contributed by atoms with van der Waals surface area (Å²) >= 11 is -0.250. The van der Waals surface area contributed by atoms with Crippen LogP contribution in [0.15, 0.2) is 36.4 Å². The molecule has 0 radical (unpaired) electrons. The van der Waals surface area contributed by atoms with Crippen LogP contribution in [0.5, 0.6) is 0 Å². The summed E-state index contributed by atoms with van der Waals surface area (Å²) < 4.78 is 14.1. The van der Waals surface area contributed by atoms with Gasteiger partial charge in [-0.25, -0.2) is 4.78 Å². The number of rotatable bonds is 0. The molecule has 0 fully saturated rings. The molecule has 1 aromatic carbocycles. The first-order valence-electron chi connectivity index (χ1n) is 2.37. The van der Waals surface area contributed by atoms with Gasteiger partial charge in [0.05, 0.1) is 0 Å². The summed E-state index contributed by atoms with van der Waals surface area (Å²) in [4.78, 5) is 0. The Balaban J connectivity index is -0.0000000186. The number of benzene rings is 1. The van der Waals surface area contributed by atoms with Crippen LogP contribution >= 0.6 is 62.0 Å². The van der Waals surface area contributed by atoms with Crippen LogP contribution in [0.2, 0.25) is 0 Å². The fourth-order valence-corrected chi connectivity index (χ4v) is 0.385. The summed E-state index contributed by atoms with van der Waals surface area (Å²) in [5.41, 5.74) is 0. The Morgan fingerprint density at radius 2 is 0.714 bits per heavy atom. The van der Waals surface area contributed by atoms with Crippen molar-refractivity contribution in [3.8, 4) is 0 Å². The summed E-state index contributed by atoms with van der Waals surface area (Å²) in [6.45, 7) is 0. The average Bonchev–Trinajstić information content (AvgIpc) is 1.93. The van der Waals surface area contributed by atoms with Gasteiger partial charge in [-0.3, -0.25) is 0 Å². The molecule has 0 aromatic heterocycles. The molecule has 0 aliphatic rings. The highest BCUT2D eigenvalue weighted by Gasteiger charge is 1.57. The van der Waals surface area contributed by atoms with E-state index in [0.717, 1.165) is 0 Å². The minimum atomic E-state index is -0.250. The van der Waals surface area contributed by atoms with Crippen molar-refractivity contribution >= 4 is 73.5 Å². The third-order valence-corrected chi connectivity index (χ3v) is 0.667. The molecule has 0 aliphatic carbocycles. The lowest BCUT2D eigenvalue weighted by Crippen LogP contribution is -1.47. The molecular weight excluding hydrogens is 311 g/mol. The largest absolute Gasteiger partial charge is 0.210 e. The third kappa shape index (κ3) is 39.1. The minimum absolute atomic E-state index is 0. The molecule has 0 atom stereocenters. The zero-order chi connectivity index (χ0) is 6.95. The number of halogens is 5. The summed E-state index contributed by atoms with van der Waals surface area (Å²) in [7, 11) is 0. The Morgan fingerprint density at radius 3 is 0.786 bits per heavy atom. The Hall–Kier alpha value is 0.490. The highest BCUT2D eigenvalue weighted by atomic mass is 35.5. The van der Waals surface area contributed by atoms with Gasteiger partial charge in [-0.1, -0.05) is 36.4 Å². The van der Waals surface area contributed by atoms with Gasteiger partial charge < -0.3 is 0 Å². The van der Waals surface area contributed by atoms with Crippen LogP contribution in [0.25, 0.3) is 0 Å². The van der Waals surface area contributed by atoms with Crippen LogP contribution in [-0.2, 0) is 11.5 Å². The third-order valence-electron chi connectivity index (χ3n) is 0.667. The van der Waals surface area contributed by atoms with E-state index < -0.39 is 0 Å². The number of hydrogen-bond donors (Lipinski definition) is 1. The summed E-state index contributed by atoms with van der Waals surface area (Å²) in [6.07, 6.45) is 0. The topological polar surface area (TPSA) is 40.9 Å². The first kappa shape index (κ1) is 36.6. The fraction of sp³-hybridized carbons (Fsp3) is 0. The molecule has 0 saturated carbocycles. The molecule has 1 rings (SSSR count). The monoisotopic (exact) mass is 321 g/mol. The first-order chi connectivity index (χ1) is 4.41. The standard InChI is InChI=1S/C6H6.5ClH.HNOS/c1-2-4-6-5-3-1;;;;;;1-3-2/h1-6H;5*1H;1H. The van der Waals surface area contributed by atoms with Gasteiger partial charge in [-0.05, 0) is 0 Å². The Bertz CT molecular complexity index is 156. The normalized spacial score (nSPS) is 4.29. The second-order valence-corrected chi connectivity index (χ2v) is 1.40. The summed E-state index contributed by atoms with van der Waals surface area (Å²) in [5, 5.41) is 0. The van der Waals surface area contributed by atoms with Crippen molar-refractivity contribution in [2.45, 2.75) is 0 Å². The predicted molar refractivity (Wildman–Crippen MR) is 73.5 cm³/mol. The maximum absolute atomic E-state index is 8.51. The second kappa shape index (κ2) is 37.5. The quantitative estimate of drug-likeness (QED) is 0.776. The maximum Gasteiger partial charge on any atom is 0.196 e. The second-order valence-electron chi connectivity index (χ2n) is 1.24. The molecular formula is C6H12Cl5NOS. The lowest BCUT2D eigenvalue weighted by atomic mass is 10.4. The van der Waals surface area contributed by atoms with Crippen molar-refractivity contribution in [2.24, 2.45) is 0 Å². The molecule has 0 unspecified atom stereocenters. The zero-order valence-corrected chi connectivity index (χ0v) is 11.7. The van der Waals surface area contributed by atoms with Crippen LogP contribution in [0.4, 0.5) is 0 Å². The molecule has 0 amide bonds. The molecule has 0 heterocycles. The van der Waals surface area contributed by atoms with Crippen LogP contribution in [-0.4, -0.2) is 4.21 Å². The average molecular weight is 324 g/mol. The summed E-state index contributed by atoms with van der Waals surface area (Å²) in [5.74, 6) is 0. The molecule has 0 spiro atoms. The molecule has 1 aromatic rings. The molecule has 0 aliphatic heterocycles. The van der Waals surface area contributed by atoms with Gasteiger partial charge in [0, 0.05) is 0 Å². The lowest BCUT2D eigenvalue weighted by molar-refractivity contribution is 0.697. The van der Waals surface area contributed by atoms with Gasteiger partial charge in [0.25, 0.3) is 0 Å². The van der Waals surface area contributed by atoms with Gasteiger partial charge in [0.1, 0.15) is 0 Å². The maximum atomic E-state index is 8.51. The van der Waals surface area contributed by atoms with E-state index in [9.17, 15) is 0 Å². The van der Waals surface area contributed by atoms with Crippen molar-refractivity contribution < 1.29 is 4.21 Å². The van der Waals surface area contributed by atoms with Crippen molar-refractivity contribution in [1.29, 1.82) is 4.78 Å². The van der Waals surface area contributed by atoms with Crippen LogP contribution in [0.3, 0.4) is 0 Å². The van der Waals surface area contributed by atoms with E-state index in [-0.39, 0.29) is 73.5 Å². The molecule has 1 N–H and O–H groups in total. The van der Waals surface area contributed by atoms with E-state index in [1.165, 1.54) is 0 Å². The van der Waals surface area contributed by atoms with Crippen LogP contribution in [0, 0.1) is 4.78 Å². The first-order valence-corrected chi connectivity index (χ1v) is 3.11. The summed E-state index contributed by atoms with van der Waals surface area (Å²) in [6, 6.07) is 12.0. The molecule has 0 saturated heterocycles. The van der Waals surface area contributed by atoms with Gasteiger partial charge in [-0.15, -0.1) is 62.0 Å². The minimum Gasteiger partial charge on any atom is -0.210 e. The van der Waals surface area contributed by atoms with Gasteiger partial charge >= 0.3 is 0 Å². The highest BCUT2D eigenvalue weighted by Crippen LogP contribution is 1.79. The van der Waals surface area contributed by atoms with Gasteiger partial charge in [0.2, 0.25) is 0 Å². The SMILES string of the molecule is Cl.Cl.Cl.Cl.Cl.N=S=O.c1ccccc1. The van der Waals surface area contributed by atoms with E-state index in [0.29, 0.717) is 0 Å². The Kier molecular flexibility index (Phi) is 98.0. The van der Waals surface area contributed by atoms with Gasteiger partial charge in [-0.2, -0.15) is 4.21 Å². The van der Waals surface area contributed by atoms with Gasteiger partial charge in [0.15, 0.2) is 11.5 Å². The van der Waals surface area contributed by atoms with E-state index in [4.69, 9.17) is 8.99 Å². The number of nitrogens with one attached hydrogen (secondary N) is 1. The van der Waals surface area contributed by atoms with E-state index in [1.807, 2.05) is 36.4 Å². The molecule has 88 valence electrons. The molecule has 8 heteroatoms. The van der Waals surface area contributed by atoms with Crippen molar-refractivity contribution in [2.75, 3.05) is 0 Å². The van der Waals surface area contributed by atoms with E-state index in [2.05, 4.69) is 0 Å². The van der Waals surface area contributed by atoms with E-state index >= 15 is 0 Å². The smallest absolute Gasteiger partial charge is 0.196 e. The Morgan fingerprint density at radius 1 is 0.643 bits per heavy atom. The Labute approximate surface area is 118 Å². The van der Waals surface area contributed by atoms with Crippen molar-refractivity contribution in [3.05, 3.63) is 36.4 Å². The van der Waals surface area contributed by atoms with Crippen LogP contribution in [0.1, 0.15) is 0 Å². The fourth-order valence-electron chi connectivity index (χ4n) is 0.385. The van der Waals surface area contributed by atoms with Crippen molar-refractivity contribution in [1.82, 2.24) is 0 Å². The molecule has 0 bridgehead atoms. The lowest BCUT2D eigenvalue weighted by Gasteiger charge is -1.69. The molecule has 2 nitrogen and oxygen atoms in total. The van der Waals surface area contributed by atoms with Crippen molar-refractivity contribution in [3.63, 3.8) is 0 Å². The predicted octanol–water partition coefficient (Wildman–Crippen LogP) is 3.76. The van der Waals surface area contributed by atoms with Crippen LogP contribution < -0.4 is 0 Å². The number of hydrogen-bond acceptors (Lipinski definition) is 2. The zero-order valence-electron chi connectivity index (χ0n) is 6.82.